The number of hydrogen-bond donors (Lipinski definition) is 0. The Balaban J connectivity index is 1.58. The van der Waals surface area contributed by atoms with Gasteiger partial charge in [-0.2, -0.15) is 0 Å². The van der Waals surface area contributed by atoms with E-state index in [9.17, 15) is 4.79 Å². The third kappa shape index (κ3) is 4.47. The van der Waals surface area contributed by atoms with Crippen molar-refractivity contribution in [2.75, 3.05) is 20.2 Å². The second kappa shape index (κ2) is 8.41. The fourth-order valence-electron chi connectivity index (χ4n) is 3.59. The minimum atomic E-state index is -0.264. The Morgan fingerprint density at radius 1 is 1.19 bits per heavy atom. The standard InChI is InChI=1S/C21H28N2O3/c1-16(2)26-19-7-4-6-17(14-19)15-22-12-9-18(10-13-22)23-11-5-8-20(23)21(24)25-3/h4-8,11,14,16,18H,9-10,12-13,15H2,1-3H3. The summed E-state index contributed by atoms with van der Waals surface area (Å²) in [6, 6.07) is 12.5. The zero-order chi connectivity index (χ0) is 18.5. The molecule has 2 heterocycles. The summed E-state index contributed by atoms with van der Waals surface area (Å²) in [5, 5.41) is 0. The lowest BCUT2D eigenvalue weighted by atomic mass is 10.0. The van der Waals surface area contributed by atoms with Crippen LogP contribution in [0.3, 0.4) is 0 Å². The maximum absolute atomic E-state index is 11.9. The molecule has 1 aromatic heterocycles. The third-order valence-corrected chi connectivity index (χ3v) is 4.80. The predicted molar refractivity (Wildman–Crippen MR) is 102 cm³/mol. The molecule has 0 N–H and O–H groups in total. The van der Waals surface area contributed by atoms with Crippen LogP contribution in [0.5, 0.6) is 5.75 Å². The maximum Gasteiger partial charge on any atom is 0.354 e. The van der Waals surface area contributed by atoms with E-state index in [4.69, 9.17) is 9.47 Å². The molecule has 1 saturated heterocycles. The van der Waals surface area contributed by atoms with E-state index in [0.29, 0.717) is 11.7 Å². The Hall–Kier alpha value is -2.27. The molecule has 0 bridgehead atoms. The van der Waals surface area contributed by atoms with Crippen LogP contribution in [-0.4, -0.2) is 41.7 Å². The van der Waals surface area contributed by atoms with Gasteiger partial charge in [-0.15, -0.1) is 0 Å². The van der Waals surface area contributed by atoms with Crippen LogP contribution < -0.4 is 4.74 Å². The molecule has 1 aliphatic heterocycles. The van der Waals surface area contributed by atoms with Crippen molar-refractivity contribution in [2.24, 2.45) is 0 Å². The van der Waals surface area contributed by atoms with E-state index in [0.717, 1.165) is 38.2 Å². The number of esters is 1. The van der Waals surface area contributed by atoms with Crippen molar-refractivity contribution in [1.29, 1.82) is 0 Å². The van der Waals surface area contributed by atoms with E-state index < -0.39 is 0 Å². The van der Waals surface area contributed by atoms with E-state index in [2.05, 4.69) is 27.7 Å². The van der Waals surface area contributed by atoms with E-state index in [-0.39, 0.29) is 12.1 Å². The number of carbonyl (C=O) groups excluding carboxylic acids is 1. The summed E-state index contributed by atoms with van der Waals surface area (Å²) in [6.45, 7) is 7.04. The number of rotatable bonds is 6. The van der Waals surface area contributed by atoms with Crippen LogP contribution in [0.15, 0.2) is 42.6 Å². The molecule has 2 aromatic rings. The minimum absolute atomic E-state index is 0.187. The highest BCUT2D eigenvalue weighted by Crippen LogP contribution is 2.26. The zero-order valence-corrected chi connectivity index (χ0v) is 15.9. The first-order chi connectivity index (χ1) is 12.6. The van der Waals surface area contributed by atoms with Gasteiger partial charge in [0.25, 0.3) is 0 Å². The van der Waals surface area contributed by atoms with Gasteiger partial charge in [0.05, 0.1) is 13.2 Å². The van der Waals surface area contributed by atoms with Gasteiger partial charge in [0.15, 0.2) is 0 Å². The number of carbonyl (C=O) groups is 1. The Bertz CT molecular complexity index is 730. The maximum atomic E-state index is 11.9. The van der Waals surface area contributed by atoms with Crippen LogP contribution in [0, 0.1) is 0 Å². The average Bonchev–Trinajstić information content (AvgIpc) is 3.11. The van der Waals surface area contributed by atoms with Gasteiger partial charge in [-0.25, -0.2) is 4.79 Å². The number of methoxy groups -OCH3 is 1. The first kappa shape index (κ1) is 18.5. The number of aromatic nitrogens is 1. The third-order valence-electron chi connectivity index (χ3n) is 4.80. The van der Waals surface area contributed by atoms with Crippen LogP contribution in [-0.2, 0) is 11.3 Å². The van der Waals surface area contributed by atoms with Crippen molar-refractivity contribution >= 4 is 5.97 Å². The number of benzene rings is 1. The smallest absolute Gasteiger partial charge is 0.354 e. The predicted octanol–water partition coefficient (Wildman–Crippen LogP) is 3.90. The second-order valence-corrected chi connectivity index (χ2v) is 7.11. The lowest BCUT2D eigenvalue weighted by molar-refractivity contribution is 0.0581. The molecule has 0 aliphatic carbocycles. The molecule has 0 unspecified atom stereocenters. The van der Waals surface area contributed by atoms with Crippen molar-refractivity contribution in [2.45, 2.75) is 45.4 Å². The van der Waals surface area contributed by atoms with E-state index in [1.807, 2.05) is 38.2 Å². The van der Waals surface area contributed by atoms with Gasteiger partial charge in [-0.3, -0.25) is 4.90 Å². The van der Waals surface area contributed by atoms with Gasteiger partial charge >= 0.3 is 5.97 Å². The van der Waals surface area contributed by atoms with Gasteiger partial charge in [0.2, 0.25) is 0 Å². The highest BCUT2D eigenvalue weighted by Gasteiger charge is 2.23. The number of piperidine rings is 1. The molecular weight excluding hydrogens is 328 g/mol. The van der Waals surface area contributed by atoms with Crippen LogP contribution in [0.1, 0.15) is 48.8 Å². The summed E-state index contributed by atoms with van der Waals surface area (Å²) in [6.07, 6.45) is 4.23. The summed E-state index contributed by atoms with van der Waals surface area (Å²) >= 11 is 0. The number of likely N-dealkylation sites (tertiary alicyclic amines) is 1. The van der Waals surface area contributed by atoms with Crippen molar-refractivity contribution in [3.63, 3.8) is 0 Å². The number of hydrogen-bond acceptors (Lipinski definition) is 4. The highest BCUT2D eigenvalue weighted by molar-refractivity contribution is 5.87. The monoisotopic (exact) mass is 356 g/mol. The molecule has 3 rings (SSSR count). The van der Waals surface area contributed by atoms with Crippen LogP contribution in [0.25, 0.3) is 0 Å². The van der Waals surface area contributed by atoms with Crippen LogP contribution in [0.4, 0.5) is 0 Å². The van der Waals surface area contributed by atoms with Crippen molar-refractivity contribution in [3.05, 3.63) is 53.9 Å². The SMILES string of the molecule is COC(=O)c1cccn1C1CCN(Cc2cccc(OC(C)C)c2)CC1. The molecule has 1 fully saturated rings. The van der Waals surface area contributed by atoms with E-state index >= 15 is 0 Å². The van der Waals surface area contributed by atoms with Crippen LogP contribution in [0.2, 0.25) is 0 Å². The lowest BCUT2D eigenvalue weighted by Gasteiger charge is -2.33. The highest BCUT2D eigenvalue weighted by atomic mass is 16.5. The Labute approximate surface area is 155 Å². The summed E-state index contributed by atoms with van der Waals surface area (Å²) in [5.74, 6) is 0.668. The van der Waals surface area contributed by atoms with Gasteiger partial charge < -0.3 is 14.0 Å². The first-order valence-electron chi connectivity index (χ1n) is 9.30. The molecule has 5 heteroatoms. The average molecular weight is 356 g/mol. The second-order valence-electron chi connectivity index (χ2n) is 7.11. The quantitative estimate of drug-likeness (QED) is 0.737. The molecular formula is C21H28N2O3. The molecule has 0 spiro atoms. The fraction of sp³-hybridized carbons (Fsp3) is 0.476. The van der Waals surface area contributed by atoms with Crippen molar-refractivity contribution in [1.82, 2.24) is 9.47 Å². The molecule has 0 saturated carbocycles. The number of ether oxygens (including phenoxy) is 2. The molecule has 140 valence electrons. The summed E-state index contributed by atoms with van der Waals surface area (Å²) < 4.78 is 12.7. The fourth-order valence-corrected chi connectivity index (χ4v) is 3.59. The van der Waals surface area contributed by atoms with E-state index in [1.165, 1.54) is 12.7 Å². The molecule has 26 heavy (non-hydrogen) atoms. The Morgan fingerprint density at radius 3 is 2.65 bits per heavy atom. The van der Waals surface area contributed by atoms with Crippen molar-refractivity contribution in [3.8, 4) is 5.75 Å². The summed E-state index contributed by atoms with van der Waals surface area (Å²) in [5.41, 5.74) is 1.92. The molecule has 5 nitrogen and oxygen atoms in total. The van der Waals surface area contributed by atoms with Gasteiger partial charge in [0, 0.05) is 31.9 Å². The first-order valence-corrected chi connectivity index (χ1v) is 9.30. The summed E-state index contributed by atoms with van der Waals surface area (Å²) in [7, 11) is 1.43. The summed E-state index contributed by atoms with van der Waals surface area (Å²) in [4.78, 5) is 14.4. The largest absolute Gasteiger partial charge is 0.491 e. The lowest BCUT2D eigenvalue weighted by Crippen LogP contribution is -2.34. The molecule has 1 aromatic carbocycles. The Morgan fingerprint density at radius 2 is 1.96 bits per heavy atom. The molecule has 0 amide bonds. The van der Waals surface area contributed by atoms with Crippen molar-refractivity contribution < 1.29 is 14.3 Å². The molecule has 0 atom stereocenters. The zero-order valence-electron chi connectivity index (χ0n) is 15.9. The minimum Gasteiger partial charge on any atom is -0.491 e. The normalized spacial score (nSPS) is 16.0. The van der Waals surface area contributed by atoms with Gasteiger partial charge in [-0.05, 0) is 56.5 Å². The van der Waals surface area contributed by atoms with Crippen LogP contribution >= 0.6 is 0 Å². The van der Waals surface area contributed by atoms with Gasteiger partial charge in [-0.1, -0.05) is 12.1 Å². The molecule has 0 radical (unpaired) electrons. The Kier molecular flexibility index (Phi) is 5.99. The molecule has 1 aliphatic rings. The van der Waals surface area contributed by atoms with E-state index in [1.54, 1.807) is 0 Å². The topological polar surface area (TPSA) is 43.7 Å². The van der Waals surface area contributed by atoms with Gasteiger partial charge in [0.1, 0.15) is 11.4 Å². The number of nitrogens with zero attached hydrogens (tertiary/aromatic N) is 2.